The summed E-state index contributed by atoms with van der Waals surface area (Å²) in [5.74, 6) is -0.485. The van der Waals surface area contributed by atoms with E-state index in [9.17, 15) is 0 Å². The average molecular weight is 199 g/mol. The Kier molecular flexibility index (Phi) is 4.10. The summed E-state index contributed by atoms with van der Waals surface area (Å²) in [4.78, 5) is 5.03. The molecule has 0 aliphatic carbocycles. The Balaban J connectivity index is 2.15. The molecule has 0 N–H and O–H groups in total. The van der Waals surface area contributed by atoms with Crippen LogP contribution in [-0.2, 0) is 14.3 Å². The van der Waals surface area contributed by atoms with Gasteiger partial charge in [-0.3, -0.25) is 0 Å². The summed E-state index contributed by atoms with van der Waals surface area (Å²) in [6, 6.07) is 0. The van der Waals surface area contributed by atoms with Gasteiger partial charge in [0.1, 0.15) is 12.7 Å². The summed E-state index contributed by atoms with van der Waals surface area (Å²) in [5.41, 5.74) is 0. The predicted octanol–water partition coefficient (Wildman–Crippen LogP) is 1.72. The second-order valence-electron chi connectivity index (χ2n) is 3.53. The summed E-state index contributed by atoms with van der Waals surface area (Å²) in [6.45, 7) is 6.68. The van der Waals surface area contributed by atoms with E-state index in [0.29, 0.717) is 13.2 Å². The van der Waals surface area contributed by atoms with Gasteiger partial charge in [-0.1, -0.05) is 11.2 Å². The van der Waals surface area contributed by atoms with Gasteiger partial charge in [-0.2, -0.15) is 0 Å². The maximum Gasteiger partial charge on any atom is 0.163 e. The standard InChI is InChI=1S/C10H17NO3/c1-4-5-6-11-13-8-9-7-12-10(2,3)14-9/h4-6,9H,7-8H2,1-3H3/b5-4+,11-6+. The van der Waals surface area contributed by atoms with Gasteiger partial charge in [0.25, 0.3) is 0 Å². The van der Waals surface area contributed by atoms with Crippen LogP contribution >= 0.6 is 0 Å². The van der Waals surface area contributed by atoms with E-state index in [1.54, 1.807) is 12.3 Å². The number of nitrogens with zero attached hydrogens (tertiary/aromatic N) is 1. The van der Waals surface area contributed by atoms with Crippen LogP contribution in [0.4, 0.5) is 0 Å². The normalized spacial score (nSPS) is 26.4. The van der Waals surface area contributed by atoms with Crippen LogP contribution in [0.1, 0.15) is 20.8 Å². The lowest BCUT2D eigenvalue weighted by atomic mass is 10.4. The molecule has 0 amide bonds. The topological polar surface area (TPSA) is 40.0 Å². The molecule has 1 aliphatic rings. The fourth-order valence-electron chi connectivity index (χ4n) is 1.14. The van der Waals surface area contributed by atoms with Gasteiger partial charge in [-0.05, 0) is 26.8 Å². The predicted molar refractivity (Wildman–Crippen MR) is 54.2 cm³/mol. The van der Waals surface area contributed by atoms with Gasteiger partial charge in [-0.25, -0.2) is 0 Å². The minimum Gasteiger partial charge on any atom is -0.393 e. The zero-order valence-corrected chi connectivity index (χ0v) is 8.90. The van der Waals surface area contributed by atoms with Crippen molar-refractivity contribution in [3.8, 4) is 0 Å². The van der Waals surface area contributed by atoms with E-state index in [0.717, 1.165) is 0 Å². The Morgan fingerprint density at radius 3 is 2.93 bits per heavy atom. The van der Waals surface area contributed by atoms with Crippen molar-refractivity contribution in [1.82, 2.24) is 0 Å². The molecule has 1 unspecified atom stereocenters. The third-order valence-electron chi connectivity index (χ3n) is 1.74. The quantitative estimate of drug-likeness (QED) is 0.511. The van der Waals surface area contributed by atoms with Crippen molar-refractivity contribution in [3.05, 3.63) is 12.2 Å². The Hall–Kier alpha value is -0.870. The van der Waals surface area contributed by atoms with Gasteiger partial charge < -0.3 is 14.3 Å². The Morgan fingerprint density at radius 1 is 1.57 bits per heavy atom. The number of hydrogen-bond donors (Lipinski definition) is 0. The fourth-order valence-corrected chi connectivity index (χ4v) is 1.14. The van der Waals surface area contributed by atoms with Crippen molar-refractivity contribution in [2.75, 3.05) is 13.2 Å². The SMILES string of the molecule is C/C=C/C=N/OCC1COC(C)(C)O1. The Bertz CT molecular complexity index is 223. The van der Waals surface area contributed by atoms with Crippen LogP contribution in [0.25, 0.3) is 0 Å². The summed E-state index contributed by atoms with van der Waals surface area (Å²) < 4.78 is 10.9. The Morgan fingerprint density at radius 2 is 2.36 bits per heavy atom. The molecule has 0 bridgehead atoms. The van der Waals surface area contributed by atoms with E-state index >= 15 is 0 Å². The highest BCUT2D eigenvalue weighted by Gasteiger charge is 2.32. The lowest BCUT2D eigenvalue weighted by Crippen LogP contribution is -2.23. The molecule has 80 valence electrons. The van der Waals surface area contributed by atoms with E-state index in [-0.39, 0.29) is 6.10 Å². The summed E-state index contributed by atoms with van der Waals surface area (Å²) >= 11 is 0. The van der Waals surface area contributed by atoms with Crippen LogP contribution in [0.5, 0.6) is 0 Å². The molecule has 1 saturated heterocycles. The summed E-state index contributed by atoms with van der Waals surface area (Å²) in [6.07, 6.45) is 5.26. The first-order chi connectivity index (χ1) is 6.64. The maximum atomic E-state index is 5.52. The zero-order chi connectivity index (χ0) is 10.4. The van der Waals surface area contributed by atoms with Gasteiger partial charge >= 0.3 is 0 Å². The largest absolute Gasteiger partial charge is 0.393 e. The van der Waals surface area contributed by atoms with Crippen LogP contribution in [0, 0.1) is 0 Å². The first-order valence-corrected chi connectivity index (χ1v) is 4.72. The molecule has 0 spiro atoms. The molecule has 1 atom stereocenters. The van der Waals surface area contributed by atoms with Crippen molar-refractivity contribution in [3.63, 3.8) is 0 Å². The van der Waals surface area contributed by atoms with Crippen LogP contribution < -0.4 is 0 Å². The van der Waals surface area contributed by atoms with E-state index < -0.39 is 5.79 Å². The van der Waals surface area contributed by atoms with Gasteiger partial charge in [0.2, 0.25) is 0 Å². The third kappa shape index (κ3) is 3.89. The van der Waals surface area contributed by atoms with Crippen LogP contribution in [0.2, 0.25) is 0 Å². The fraction of sp³-hybridized carbons (Fsp3) is 0.700. The minimum absolute atomic E-state index is 0.0206. The molecule has 4 nitrogen and oxygen atoms in total. The molecule has 1 rings (SSSR count). The molecule has 1 aliphatic heterocycles. The highest BCUT2D eigenvalue weighted by Crippen LogP contribution is 2.22. The van der Waals surface area contributed by atoms with E-state index in [2.05, 4.69) is 5.16 Å². The molecule has 0 saturated carbocycles. The molecule has 0 aromatic rings. The average Bonchev–Trinajstić information content (AvgIpc) is 2.45. The van der Waals surface area contributed by atoms with E-state index in [1.807, 2.05) is 26.8 Å². The van der Waals surface area contributed by atoms with Gasteiger partial charge in [-0.15, -0.1) is 0 Å². The lowest BCUT2D eigenvalue weighted by Gasteiger charge is -2.16. The maximum absolute atomic E-state index is 5.52. The first kappa shape index (κ1) is 11.2. The van der Waals surface area contributed by atoms with Crippen molar-refractivity contribution < 1.29 is 14.3 Å². The number of rotatable bonds is 4. The smallest absolute Gasteiger partial charge is 0.163 e. The van der Waals surface area contributed by atoms with Crippen molar-refractivity contribution in [2.45, 2.75) is 32.7 Å². The van der Waals surface area contributed by atoms with Crippen LogP contribution in [0.3, 0.4) is 0 Å². The molecular weight excluding hydrogens is 182 g/mol. The highest BCUT2D eigenvalue weighted by molar-refractivity contribution is 5.70. The number of ether oxygens (including phenoxy) is 2. The van der Waals surface area contributed by atoms with Gasteiger partial charge in [0.05, 0.1) is 12.8 Å². The van der Waals surface area contributed by atoms with E-state index in [1.165, 1.54) is 0 Å². The summed E-state index contributed by atoms with van der Waals surface area (Å²) in [5, 5.41) is 3.72. The molecule has 0 radical (unpaired) electrons. The zero-order valence-electron chi connectivity index (χ0n) is 8.90. The molecule has 1 heterocycles. The number of hydrogen-bond acceptors (Lipinski definition) is 4. The third-order valence-corrected chi connectivity index (χ3v) is 1.74. The van der Waals surface area contributed by atoms with Crippen molar-refractivity contribution in [2.24, 2.45) is 5.16 Å². The van der Waals surface area contributed by atoms with Gasteiger partial charge in [0.15, 0.2) is 5.79 Å². The lowest BCUT2D eigenvalue weighted by molar-refractivity contribution is -0.144. The minimum atomic E-state index is -0.485. The molecule has 4 heteroatoms. The van der Waals surface area contributed by atoms with Crippen LogP contribution in [0.15, 0.2) is 17.3 Å². The number of oxime groups is 1. The van der Waals surface area contributed by atoms with Crippen molar-refractivity contribution in [1.29, 1.82) is 0 Å². The highest BCUT2D eigenvalue weighted by atomic mass is 16.8. The first-order valence-electron chi connectivity index (χ1n) is 4.72. The second kappa shape index (κ2) is 5.12. The number of allylic oxidation sites excluding steroid dienone is 2. The molecule has 0 aromatic carbocycles. The Labute approximate surface area is 84.5 Å². The van der Waals surface area contributed by atoms with Crippen LogP contribution in [-0.4, -0.2) is 31.3 Å². The molecule has 1 fully saturated rings. The monoisotopic (exact) mass is 199 g/mol. The molecule has 0 aromatic heterocycles. The second-order valence-corrected chi connectivity index (χ2v) is 3.53. The van der Waals surface area contributed by atoms with Crippen molar-refractivity contribution >= 4 is 6.21 Å². The van der Waals surface area contributed by atoms with Gasteiger partial charge in [0, 0.05) is 0 Å². The molecule has 14 heavy (non-hydrogen) atoms. The molecular formula is C10H17NO3. The van der Waals surface area contributed by atoms with E-state index in [4.69, 9.17) is 14.3 Å². The summed E-state index contributed by atoms with van der Waals surface area (Å²) in [7, 11) is 0.